The molecule has 0 aliphatic carbocycles. The summed E-state index contributed by atoms with van der Waals surface area (Å²) in [7, 11) is 1.40. The molecule has 0 aromatic heterocycles. The first-order chi connectivity index (χ1) is 10.2. The second-order valence-electron chi connectivity index (χ2n) is 5.06. The van der Waals surface area contributed by atoms with Crippen molar-refractivity contribution >= 4 is 32.7 Å². The number of carbonyl (C=O) groups excluding carboxylic acids is 1. The van der Waals surface area contributed by atoms with Crippen molar-refractivity contribution in [2.45, 2.75) is 18.6 Å². The van der Waals surface area contributed by atoms with E-state index in [-0.39, 0.29) is 18.1 Å². The number of hydrogen-bond acceptors (Lipinski definition) is 4. The van der Waals surface area contributed by atoms with Gasteiger partial charge in [0.1, 0.15) is 17.9 Å². The normalized spacial score (nSPS) is 21.4. The van der Waals surface area contributed by atoms with Gasteiger partial charge in [-0.25, -0.2) is 0 Å². The lowest BCUT2D eigenvalue weighted by Gasteiger charge is -2.15. The third-order valence-electron chi connectivity index (χ3n) is 3.70. The molecular formula is C16H16BrNO3. The molecule has 1 heterocycles. The Labute approximate surface area is 131 Å². The van der Waals surface area contributed by atoms with Crippen LogP contribution in [0.25, 0.3) is 10.8 Å². The van der Waals surface area contributed by atoms with E-state index >= 15 is 0 Å². The van der Waals surface area contributed by atoms with Gasteiger partial charge in [-0.2, -0.15) is 0 Å². The molecule has 0 amide bonds. The summed E-state index contributed by atoms with van der Waals surface area (Å²) in [5, 5.41) is 5.40. The second-order valence-corrected chi connectivity index (χ2v) is 5.85. The van der Waals surface area contributed by atoms with Gasteiger partial charge in [0.25, 0.3) is 0 Å². The number of nitrogens with one attached hydrogen (secondary N) is 1. The van der Waals surface area contributed by atoms with Crippen LogP contribution in [-0.2, 0) is 9.53 Å². The molecule has 0 spiro atoms. The van der Waals surface area contributed by atoms with Crippen LogP contribution in [0.1, 0.15) is 6.42 Å². The zero-order valence-corrected chi connectivity index (χ0v) is 13.2. The molecule has 21 heavy (non-hydrogen) atoms. The van der Waals surface area contributed by atoms with E-state index in [4.69, 9.17) is 9.47 Å². The van der Waals surface area contributed by atoms with Gasteiger partial charge in [-0.1, -0.05) is 30.3 Å². The molecule has 1 aliphatic heterocycles. The molecule has 4 nitrogen and oxygen atoms in total. The number of fused-ring (bicyclic) bond motifs is 1. The van der Waals surface area contributed by atoms with E-state index in [1.807, 2.05) is 24.3 Å². The fourth-order valence-electron chi connectivity index (χ4n) is 2.60. The Morgan fingerprint density at radius 2 is 2.10 bits per heavy atom. The topological polar surface area (TPSA) is 47.6 Å². The predicted octanol–water partition coefficient (Wildman–Crippen LogP) is 2.88. The summed E-state index contributed by atoms with van der Waals surface area (Å²) < 4.78 is 11.7. The molecule has 0 radical (unpaired) electrons. The van der Waals surface area contributed by atoms with Crippen LogP contribution in [0.3, 0.4) is 0 Å². The molecule has 3 rings (SSSR count). The molecular weight excluding hydrogens is 334 g/mol. The maximum Gasteiger partial charge on any atom is 0.323 e. The minimum absolute atomic E-state index is 0.0356. The van der Waals surface area contributed by atoms with Crippen LogP contribution in [-0.4, -0.2) is 31.8 Å². The van der Waals surface area contributed by atoms with Crippen LogP contribution in [0.5, 0.6) is 5.75 Å². The number of carbonyl (C=O) groups is 1. The van der Waals surface area contributed by atoms with Gasteiger partial charge in [0, 0.05) is 13.0 Å². The molecule has 0 bridgehead atoms. The van der Waals surface area contributed by atoms with E-state index in [9.17, 15) is 4.79 Å². The van der Waals surface area contributed by atoms with Crippen LogP contribution in [0.2, 0.25) is 0 Å². The van der Waals surface area contributed by atoms with Gasteiger partial charge < -0.3 is 14.8 Å². The Bertz CT molecular complexity index is 674. The number of rotatable bonds is 3. The third kappa shape index (κ3) is 2.89. The average molecular weight is 350 g/mol. The van der Waals surface area contributed by atoms with Crippen molar-refractivity contribution in [2.24, 2.45) is 0 Å². The molecule has 110 valence electrons. The number of benzene rings is 2. The third-order valence-corrected chi connectivity index (χ3v) is 4.52. The van der Waals surface area contributed by atoms with Gasteiger partial charge in [-0.3, -0.25) is 4.79 Å². The summed E-state index contributed by atoms with van der Waals surface area (Å²) in [5.74, 6) is 0.560. The van der Waals surface area contributed by atoms with Crippen molar-refractivity contribution in [1.29, 1.82) is 0 Å². The monoisotopic (exact) mass is 349 g/mol. The first-order valence-corrected chi connectivity index (χ1v) is 7.63. The number of hydrogen-bond donors (Lipinski definition) is 1. The SMILES string of the molecule is COC(=O)[C@@H]1C[C@@H](Oc2ccc3ccccc3c2Br)CN1. The largest absolute Gasteiger partial charge is 0.488 e. The smallest absolute Gasteiger partial charge is 0.323 e. The highest BCUT2D eigenvalue weighted by molar-refractivity contribution is 9.10. The van der Waals surface area contributed by atoms with Gasteiger partial charge in [0.2, 0.25) is 0 Å². The van der Waals surface area contributed by atoms with E-state index in [1.165, 1.54) is 7.11 Å². The minimum Gasteiger partial charge on any atom is -0.488 e. The summed E-state index contributed by atoms with van der Waals surface area (Å²) in [4.78, 5) is 11.5. The van der Waals surface area contributed by atoms with Gasteiger partial charge in [-0.15, -0.1) is 0 Å². The molecule has 1 fully saturated rings. The van der Waals surface area contributed by atoms with E-state index in [1.54, 1.807) is 0 Å². The average Bonchev–Trinajstić information content (AvgIpc) is 2.98. The standard InChI is InChI=1S/C16H16BrNO3/c1-20-16(19)13-8-11(9-18-13)21-14-7-6-10-4-2-3-5-12(10)15(14)17/h2-7,11,13,18H,8-9H2,1H3/t11-,13+/m1/s1. The van der Waals surface area contributed by atoms with Crippen molar-refractivity contribution < 1.29 is 14.3 Å². The molecule has 0 unspecified atom stereocenters. The number of ether oxygens (including phenoxy) is 2. The van der Waals surface area contributed by atoms with Crippen molar-refractivity contribution in [3.63, 3.8) is 0 Å². The van der Waals surface area contributed by atoms with E-state index < -0.39 is 0 Å². The molecule has 1 N–H and O–H groups in total. The fraction of sp³-hybridized carbons (Fsp3) is 0.312. The number of esters is 1. The summed E-state index contributed by atoms with van der Waals surface area (Å²) in [6.07, 6.45) is 0.581. The summed E-state index contributed by atoms with van der Waals surface area (Å²) in [6.45, 7) is 0.638. The van der Waals surface area contributed by atoms with Crippen LogP contribution in [0.4, 0.5) is 0 Å². The summed E-state index contributed by atoms with van der Waals surface area (Å²) in [6, 6.07) is 11.8. The number of methoxy groups -OCH3 is 1. The Hall–Kier alpha value is -1.59. The van der Waals surface area contributed by atoms with Crippen molar-refractivity contribution in [2.75, 3.05) is 13.7 Å². The Balaban J connectivity index is 1.77. The highest BCUT2D eigenvalue weighted by Gasteiger charge is 2.31. The molecule has 2 atom stereocenters. The predicted molar refractivity (Wildman–Crippen MR) is 84.5 cm³/mol. The minimum atomic E-state index is -0.278. The molecule has 0 saturated carbocycles. The van der Waals surface area contributed by atoms with Crippen LogP contribution < -0.4 is 10.1 Å². The second kappa shape index (κ2) is 6.03. The Morgan fingerprint density at radius 3 is 2.90 bits per heavy atom. The maximum atomic E-state index is 11.5. The van der Waals surface area contributed by atoms with Crippen molar-refractivity contribution in [1.82, 2.24) is 5.32 Å². The zero-order valence-electron chi connectivity index (χ0n) is 11.6. The van der Waals surface area contributed by atoms with Gasteiger partial charge in [-0.05, 0) is 32.8 Å². The molecule has 1 aliphatic rings. The number of halogens is 1. The van der Waals surface area contributed by atoms with E-state index in [2.05, 4.69) is 33.4 Å². The van der Waals surface area contributed by atoms with Gasteiger partial charge in [0.15, 0.2) is 0 Å². The van der Waals surface area contributed by atoms with Gasteiger partial charge >= 0.3 is 5.97 Å². The first-order valence-electron chi connectivity index (χ1n) is 6.84. The van der Waals surface area contributed by atoms with Crippen LogP contribution >= 0.6 is 15.9 Å². The van der Waals surface area contributed by atoms with E-state index in [0.29, 0.717) is 13.0 Å². The zero-order chi connectivity index (χ0) is 14.8. The lowest BCUT2D eigenvalue weighted by atomic mass is 10.1. The first kappa shape index (κ1) is 14.4. The highest BCUT2D eigenvalue weighted by Crippen LogP contribution is 2.34. The van der Waals surface area contributed by atoms with Gasteiger partial charge in [0.05, 0.1) is 11.6 Å². The molecule has 2 aromatic rings. The summed E-state index contributed by atoms with van der Waals surface area (Å²) in [5.41, 5.74) is 0. The van der Waals surface area contributed by atoms with E-state index in [0.717, 1.165) is 21.0 Å². The maximum absolute atomic E-state index is 11.5. The molecule has 2 aromatic carbocycles. The van der Waals surface area contributed by atoms with Crippen LogP contribution in [0, 0.1) is 0 Å². The Morgan fingerprint density at radius 1 is 1.29 bits per heavy atom. The highest BCUT2D eigenvalue weighted by atomic mass is 79.9. The Kier molecular flexibility index (Phi) is 4.12. The van der Waals surface area contributed by atoms with Crippen molar-refractivity contribution in [3.05, 3.63) is 40.9 Å². The molecule has 1 saturated heterocycles. The summed E-state index contributed by atoms with van der Waals surface area (Å²) >= 11 is 3.61. The van der Waals surface area contributed by atoms with Crippen molar-refractivity contribution in [3.8, 4) is 5.75 Å². The van der Waals surface area contributed by atoms with Crippen LogP contribution in [0.15, 0.2) is 40.9 Å². The lowest BCUT2D eigenvalue weighted by molar-refractivity contribution is -0.142. The molecule has 5 heteroatoms. The lowest BCUT2D eigenvalue weighted by Crippen LogP contribution is -2.31. The fourth-order valence-corrected chi connectivity index (χ4v) is 3.19. The quantitative estimate of drug-likeness (QED) is 0.865.